The lowest BCUT2D eigenvalue weighted by Crippen LogP contribution is -2.37. The van der Waals surface area contributed by atoms with Gasteiger partial charge in [-0.15, -0.1) is 0 Å². The van der Waals surface area contributed by atoms with Crippen molar-refractivity contribution in [2.75, 3.05) is 11.9 Å². The highest BCUT2D eigenvalue weighted by molar-refractivity contribution is 5.76. The van der Waals surface area contributed by atoms with Gasteiger partial charge >= 0.3 is 6.09 Å². The summed E-state index contributed by atoms with van der Waals surface area (Å²) in [5.41, 5.74) is 1.05. The summed E-state index contributed by atoms with van der Waals surface area (Å²) in [4.78, 5) is 24.1. The fourth-order valence-electron chi connectivity index (χ4n) is 2.13. The van der Waals surface area contributed by atoms with Gasteiger partial charge in [0, 0.05) is 18.8 Å². The minimum absolute atomic E-state index is 0.0958. The van der Waals surface area contributed by atoms with Crippen molar-refractivity contribution < 1.29 is 19.4 Å². The first-order chi connectivity index (χ1) is 10.6. The molecule has 0 spiro atoms. The van der Waals surface area contributed by atoms with E-state index >= 15 is 0 Å². The Bertz CT molecular complexity index is 552. The number of anilines is 1. The van der Waals surface area contributed by atoms with Crippen molar-refractivity contribution in [2.24, 2.45) is 0 Å². The first kappa shape index (κ1) is 18.8. The lowest BCUT2D eigenvalue weighted by atomic mass is 10.0. The predicted octanol–water partition coefficient (Wildman–Crippen LogP) is 2.83. The summed E-state index contributed by atoms with van der Waals surface area (Å²) in [7, 11) is 1.66. The van der Waals surface area contributed by atoms with Gasteiger partial charge in [-0.25, -0.2) is 4.79 Å². The van der Waals surface area contributed by atoms with Crippen molar-refractivity contribution in [3.05, 3.63) is 23.8 Å². The molecule has 0 aliphatic heterocycles. The molecule has 0 aliphatic carbocycles. The second kappa shape index (κ2) is 7.85. The smallest absolute Gasteiger partial charge is 0.407 e. The van der Waals surface area contributed by atoms with Crippen molar-refractivity contribution in [3.63, 3.8) is 0 Å². The molecular formula is C17H26N2O4. The van der Waals surface area contributed by atoms with E-state index in [0.717, 1.165) is 17.7 Å². The molecule has 1 aromatic rings. The zero-order valence-corrected chi connectivity index (χ0v) is 14.4. The average Bonchev–Trinajstić information content (AvgIpc) is 2.42. The van der Waals surface area contributed by atoms with E-state index in [9.17, 15) is 14.7 Å². The summed E-state index contributed by atoms with van der Waals surface area (Å²) in [6.45, 7) is 7.32. The van der Waals surface area contributed by atoms with Crippen LogP contribution in [0.5, 0.6) is 5.75 Å². The van der Waals surface area contributed by atoms with E-state index in [1.165, 1.54) is 4.90 Å². The number of amides is 2. The number of ether oxygens (including phenoxy) is 1. The van der Waals surface area contributed by atoms with Gasteiger partial charge in [0.05, 0.1) is 0 Å². The molecule has 1 atom stereocenters. The Morgan fingerprint density at radius 3 is 2.65 bits per heavy atom. The SMILES string of the molecule is CC(CCc1cc(O)ccc1N(C)C=O)NC(=O)OC(C)(C)C. The Kier molecular flexibility index (Phi) is 6.42. The number of aromatic hydroxyl groups is 1. The molecule has 6 heteroatoms. The monoisotopic (exact) mass is 322 g/mol. The number of carbonyl (C=O) groups is 2. The van der Waals surface area contributed by atoms with Crippen LogP contribution in [0.1, 0.15) is 39.7 Å². The highest BCUT2D eigenvalue weighted by Gasteiger charge is 2.18. The van der Waals surface area contributed by atoms with Crippen LogP contribution in [0.15, 0.2) is 18.2 Å². The van der Waals surface area contributed by atoms with Crippen LogP contribution in [0.3, 0.4) is 0 Å². The number of phenols is 1. The average molecular weight is 322 g/mol. The molecule has 0 saturated heterocycles. The molecule has 1 unspecified atom stereocenters. The fourth-order valence-corrected chi connectivity index (χ4v) is 2.13. The van der Waals surface area contributed by atoms with E-state index in [0.29, 0.717) is 12.8 Å². The number of aryl methyl sites for hydroxylation is 1. The lowest BCUT2D eigenvalue weighted by molar-refractivity contribution is -0.107. The van der Waals surface area contributed by atoms with Crippen molar-refractivity contribution in [1.29, 1.82) is 0 Å². The fraction of sp³-hybridized carbons (Fsp3) is 0.529. The van der Waals surface area contributed by atoms with E-state index in [4.69, 9.17) is 4.74 Å². The quantitative estimate of drug-likeness (QED) is 0.789. The standard InChI is InChI=1S/C17H26N2O4/c1-12(18-16(22)23-17(2,3)4)6-7-13-10-14(21)8-9-15(13)19(5)11-20/h8-12,21H,6-7H2,1-5H3,(H,18,22). The van der Waals surface area contributed by atoms with Crippen molar-refractivity contribution >= 4 is 18.2 Å². The molecule has 0 aromatic heterocycles. The lowest BCUT2D eigenvalue weighted by Gasteiger charge is -2.22. The molecule has 6 nitrogen and oxygen atoms in total. The van der Waals surface area contributed by atoms with Gasteiger partial charge in [-0.1, -0.05) is 0 Å². The number of benzene rings is 1. The number of phenolic OH excluding ortho intramolecular Hbond substituents is 1. The van der Waals surface area contributed by atoms with Crippen LogP contribution in [0.4, 0.5) is 10.5 Å². The number of nitrogens with zero attached hydrogens (tertiary/aromatic N) is 1. The molecule has 0 fully saturated rings. The second-order valence-corrected chi connectivity index (χ2v) is 6.62. The van der Waals surface area contributed by atoms with Crippen molar-refractivity contribution in [3.8, 4) is 5.75 Å². The van der Waals surface area contributed by atoms with Gasteiger partial charge < -0.3 is 20.1 Å². The largest absolute Gasteiger partial charge is 0.508 e. The number of rotatable bonds is 6. The molecule has 1 rings (SSSR count). The molecule has 23 heavy (non-hydrogen) atoms. The Hall–Kier alpha value is -2.24. The third-order valence-electron chi connectivity index (χ3n) is 3.21. The normalized spacial score (nSPS) is 12.4. The van der Waals surface area contributed by atoms with Crippen molar-refractivity contribution in [2.45, 2.75) is 52.2 Å². The Morgan fingerprint density at radius 1 is 1.43 bits per heavy atom. The summed E-state index contributed by atoms with van der Waals surface area (Å²) in [5.74, 6) is 0.149. The Morgan fingerprint density at radius 2 is 2.09 bits per heavy atom. The minimum atomic E-state index is -0.533. The van der Waals surface area contributed by atoms with E-state index in [1.54, 1.807) is 25.2 Å². The highest BCUT2D eigenvalue weighted by atomic mass is 16.6. The Labute approximate surface area is 137 Å². The van der Waals surface area contributed by atoms with Gasteiger partial charge in [0.25, 0.3) is 0 Å². The van der Waals surface area contributed by atoms with Crippen LogP contribution < -0.4 is 10.2 Å². The number of carbonyl (C=O) groups excluding carboxylic acids is 2. The molecule has 0 saturated carbocycles. The maximum atomic E-state index is 11.7. The van der Waals surface area contributed by atoms with Crippen LogP contribution in [0.25, 0.3) is 0 Å². The van der Waals surface area contributed by atoms with Gasteiger partial charge in [0.2, 0.25) is 6.41 Å². The maximum absolute atomic E-state index is 11.7. The third kappa shape index (κ3) is 6.59. The first-order valence-electron chi connectivity index (χ1n) is 7.62. The van der Waals surface area contributed by atoms with Crippen LogP contribution in [-0.2, 0) is 16.0 Å². The topological polar surface area (TPSA) is 78.9 Å². The summed E-state index contributed by atoms with van der Waals surface area (Å²) in [6, 6.07) is 4.78. The summed E-state index contributed by atoms with van der Waals surface area (Å²) >= 11 is 0. The third-order valence-corrected chi connectivity index (χ3v) is 3.21. The maximum Gasteiger partial charge on any atom is 0.407 e. The molecule has 0 heterocycles. The zero-order chi connectivity index (χ0) is 17.6. The predicted molar refractivity (Wildman–Crippen MR) is 89.7 cm³/mol. The van der Waals surface area contributed by atoms with Crippen molar-refractivity contribution in [1.82, 2.24) is 5.32 Å². The van der Waals surface area contributed by atoms with Gasteiger partial charge in [-0.05, 0) is 64.3 Å². The molecule has 2 N–H and O–H groups in total. The van der Waals surface area contributed by atoms with E-state index in [2.05, 4.69) is 5.32 Å². The van der Waals surface area contributed by atoms with E-state index in [1.807, 2.05) is 27.7 Å². The Balaban J connectivity index is 2.65. The van der Waals surface area contributed by atoms with Crippen LogP contribution in [0.2, 0.25) is 0 Å². The molecule has 0 bridgehead atoms. The van der Waals surface area contributed by atoms with E-state index in [-0.39, 0.29) is 11.8 Å². The van der Waals surface area contributed by atoms with Crippen LogP contribution in [-0.4, -0.2) is 36.3 Å². The zero-order valence-electron chi connectivity index (χ0n) is 14.4. The van der Waals surface area contributed by atoms with Gasteiger partial charge in [-0.2, -0.15) is 0 Å². The molecule has 0 aliphatic rings. The second-order valence-electron chi connectivity index (χ2n) is 6.62. The molecule has 2 amide bonds. The van der Waals surface area contributed by atoms with Gasteiger partial charge in [0.1, 0.15) is 11.4 Å². The number of nitrogens with one attached hydrogen (secondary N) is 1. The number of hydrogen-bond donors (Lipinski definition) is 2. The minimum Gasteiger partial charge on any atom is -0.508 e. The molecule has 0 radical (unpaired) electrons. The number of alkyl carbamates (subject to hydrolysis) is 1. The molecular weight excluding hydrogens is 296 g/mol. The number of hydrogen-bond acceptors (Lipinski definition) is 4. The molecule has 128 valence electrons. The summed E-state index contributed by atoms with van der Waals surface area (Å²) in [6.07, 6.45) is 1.53. The van der Waals surface area contributed by atoms with E-state index < -0.39 is 11.7 Å². The first-order valence-corrected chi connectivity index (χ1v) is 7.62. The summed E-state index contributed by atoms with van der Waals surface area (Å²) < 4.78 is 5.21. The van der Waals surface area contributed by atoms with Gasteiger partial charge in [-0.3, -0.25) is 4.79 Å². The molecule has 1 aromatic carbocycles. The summed E-state index contributed by atoms with van der Waals surface area (Å²) in [5, 5.41) is 12.4. The van der Waals surface area contributed by atoms with Crippen LogP contribution >= 0.6 is 0 Å². The van der Waals surface area contributed by atoms with Gasteiger partial charge in [0.15, 0.2) is 0 Å². The highest BCUT2D eigenvalue weighted by Crippen LogP contribution is 2.25. The van der Waals surface area contributed by atoms with Crippen LogP contribution in [0, 0.1) is 0 Å².